The highest BCUT2D eigenvalue weighted by molar-refractivity contribution is 7.80. The summed E-state index contributed by atoms with van der Waals surface area (Å²) in [5.74, 6) is 1.34. The Morgan fingerprint density at radius 2 is 1.88 bits per heavy atom. The van der Waals surface area contributed by atoms with Gasteiger partial charge in [-0.15, -0.1) is 12.6 Å². The van der Waals surface area contributed by atoms with Gasteiger partial charge in [0.25, 0.3) is 5.91 Å². The normalized spacial score (nSPS) is 24.1. The van der Waals surface area contributed by atoms with Gasteiger partial charge in [0, 0.05) is 23.5 Å². The van der Waals surface area contributed by atoms with Crippen LogP contribution in [0.25, 0.3) is 0 Å². The molecule has 2 unspecified atom stereocenters. The molecule has 0 aliphatic carbocycles. The maximum absolute atomic E-state index is 12.4. The van der Waals surface area contributed by atoms with Crippen molar-refractivity contribution >= 4 is 18.5 Å². The Labute approximate surface area is 108 Å². The Hall–Kier alpha value is -0.960. The molecule has 1 saturated heterocycles. The average Bonchev–Trinajstić information content (AvgIpc) is 2.62. The van der Waals surface area contributed by atoms with Gasteiger partial charge in [0.1, 0.15) is 0 Å². The van der Waals surface area contributed by atoms with E-state index >= 15 is 0 Å². The fourth-order valence-corrected chi connectivity index (χ4v) is 2.51. The van der Waals surface area contributed by atoms with Gasteiger partial charge in [-0.25, -0.2) is 0 Å². The van der Waals surface area contributed by atoms with Gasteiger partial charge < -0.3 is 4.90 Å². The number of likely N-dealkylation sites (tertiary alicyclic amines) is 1. The smallest absolute Gasteiger partial charge is 0.254 e. The van der Waals surface area contributed by atoms with Gasteiger partial charge >= 0.3 is 0 Å². The van der Waals surface area contributed by atoms with Crippen molar-refractivity contribution in [3.05, 3.63) is 29.3 Å². The number of thiol groups is 1. The summed E-state index contributed by atoms with van der Waals surface area (Å²) in [5, 5.41) is 0. The Kier molecular flexibility index (Phi) is 3.48. The van der Waals surface area contributed by atoms with Crippen LogP contribution in [0.4, 0.5) is 0 Å². The number of carbonyl (C=O) groups excluding carboxylic acids is 1. The van der Waals surface area contributed by atoms with Crippen LogP contribution in [0.3, 0.4) is 0 Å². The van der Waals surface area contributed by atoms with Crippen molar-refractivity contribution in [2.75, 3.05) is 13.1 Å². The van der Waals surface area contributed by atoms with E-state index in [1.54, 1.807) is 0 Å². The predicted molar refractivity (Wildman–Crippen MR) is 72.7 cm³/mol. The minimum absolute atomic E-state index is 0.148. The highest BCUT2D eigenvalue weighted by atomic mass is 32.1. The summed E-state index contributed by atoms with van der Waals surface area (Å²) in [6.45, 7) is 8.13. The summed E-state index contributed by atoms with van der Waals surface area (Å²) >= 11 is 4.30. The standard InChI is InChI=1S/C14H19NOS/c1-9-4-5-12(17)6-13(9)14(16)15-7-10(2)11(3)8-15/h4-6,10-11,17H,7-8H2,1-3H3. The molecule has 1 aromatic carbocycles. The molecule has 1 aliphatic heterocycles. The third-order valence-corrected chi connectivity index (χ3v) is 4.01. The second-order valence-electron chi connectivity index (χ2n) is 5.16. The molecule has 0 spiro atoms. The largest absolute Gasteiger partial charge is 0.338 e. The Morgan fingerprint density at radius 3 is 2.47 bits per heavy atom. The zero-order valence-electron chi connectivity index (χ0n) is 10.6. The maximum Gasteiger partial charge on any atom is 0.254 e. The first-order chi connectivity index (χ1) is 7.99. The van der Waals surface area contributed by atoms with Crippen molar-refractivity contribution in [2.45, 2.75) is 25.7 Å². The SMILES string of the molecule is Cc1ccc(S)cc1C(=O)N1CC(C)C(C)C1. The van der Waals surface area contributed by atoms with Crippen LogP contribution in [-0.2, 0) is 0 Å². The number of nitrogens with zero attached hydrogens (tertiary/aromatic N) is 1. The van der Waals surface area contributed by atoms with Crippen molar-refractivity contribution in [3.63, 3.8) is 0 Å². The van der Waals surface area contributed by atoms with Gasteiger partial charge in [0.05, 0.1) is 0 Å². The van der Waals surface area contributed by atoms with Crippen molar-refractivity contribution in [1.29, 1.82) is 0 Å². The topological polar surface area (TPSA) is 20.3 Å². The molecule has 0 radical (unpaired) electrons. The molecule has 1 aromatic rings. The quantitative estimate of drug-likeness (QED) is 0.759. The van der Waals surface area contributed by atoms with Gasteiger partial charge in [0.2, 0.25) is 0 Å². The Bertz CT molecular complexity index is 434. The summed E-state index contributed by atoms with van der Waals surface area (Å²) in [6, 6.07) is 5.75. The van der Waals surface area contributed by atoms with Gasteiger partial charge in [-0.3, -0.25) is 4.79 Å². The van der Waals surface area contributed by atoms with E-state index in [-0.39, 0.29) is 5.91 Å². The summed E-state index contributed by atoms with van der Waals surface area (Å²) < 4.78 is 0. The zero-order valence-corrected chi connectivity index (χ0v) is 11.5. The fraction of sp³-hybridized carbons (Fsp3) is 0.500. The van der Waals surface area contributed by atoms with E-state index in [2.05, 4.69) is 26.5 Å². The predicted octanol–water partition coefficient (Wildman–Crippen LogP) is 3.01. The van der Waals surface area contributed by atoms with Crippen LogP contribution in [-0.4, -0.2) is 23.9 Å². The molecule has 17 heavy (non-hydrogen) atoms. The fourth-order valence-electron chi connectivity index (χ4n) is 2.31. The molecule has 2 rings (SSSR count). The van der Waals surface area contributed by atoms with E-state index < -0.39 is 0 Å². The highest BCUT2D eigenvalue weighted by Crippen LogP contribution is 2.25. The first-order valence-electron chi connectivity index (χ1n) is 6.08. The number of hydrogen-bond donors (Lipinski definition) is 1. The molecular weight excluding hydrogens is 230 g/mol. The van der Waals surface area contributed by atoms with Gasteiger partial charge in [-0.1, -0.05) is 19.9 Å². The number of rotatable bonds is 1. The summed E-state index contributed by atoms with van der Waals surface area (Å²) in [7, 11) is 0. The molecule has 2 nitrogen and oxygen atoms in total. The minimum Gasteiger partial charge on any atom is -0.338 e. The van der Waals surface area contributed by atoms with Crippen LogP contribution < -0.4 is 0 Å². The monoisotopic (exact) mass is 249 g/mol. The van der Waals surface area contributed by atoms with E-state index in [1.165, 1.54) is 0 Å². The number of hydrogen-bond acceptors (Lipinski definition) is 2. The van der Waals surface area contributed by atoms with E-state index in [0.29, 0.717) is 11.8 Å². The van der Waals surface area contributed by atoms with Crippen LogP contribution in [0.5, 0.6) is 0 Å². The van der Waals surface area contributed by atoms with Crippen molar-refractivity contribution < 1.29 is 4.79 Å². The van der Waals surface area contributed by atoms with Gasteiger partial charge in [-0.2, -0.15) is 0 Å². The van der Waals surface area contributed by atoms with Gasteiger partial charge in [0.15, 0.2) is 0 Å². The minimum atomic E-state index is 0.148. The molecule has 1 amide bonds. The van der Waals surface area contributed by atoms with E-state index in [1.807, 2.05) is 30.0 Å². The molecule has 1 aliphatic rings. The first-order valence-corrected chi connectivity index (χ1v) is 6.52. The van der Waals surface area contributed by atoms with E-state index in [9.17, 15) is 4.79 Å². The lowest BCUT2D eigenvalue weighted by Crippen LogP contribution is -2.29. The molecule has 1 fully saturated rings. The summed E-state index contributed by atoms with van der Waals surface area (Å²) in [6.07, 6.45) is 0. The molecule has 1 heterocycles. The average molecular weight is 249 g/mol. The lowest BCUT2D eigenvalue weighted by atomic mass is 10.0. The number of amides is 1. The Balaban J connectivity index is 2.23. The van der Waals surface area contributed by atoms with Crippen LogP contribution in [0.1, 0.15) is 29.8 Å². The van der Waals surface area contributed by atoms with Crippen molar-refractivity contribution in [3.8, 4) is 0 Å². The Morgan fingerprint density at radius 1 is 1.29 bits per heavy atom. The maximum atomic E-state index is 12.4. The van der Waals surface area contributed by atoms with E-state index in [0.717, 1.165) is 29.1 Å². The van der Waals surface area contributed by atoms with Crippen LogP contribution in [0, 0.1) is 18.8 Å². The zero-order chi connectivity index (χ0) is 12.6. The molecule has 0 aromatic heterocycles. The summed E-state index contributed by atoms with van der Waals surface area (Å²) in [5.41, 5.74) is 1.82. The second-order valence-corrected chi connectivity index (χ2v) is 5.68. The van der Waals surface area contributed by atoms with Crippen LogP contribution in [0.2, 0.25) is 0 Å². The number of benzene rings is 1. The van der Waals surface area contributed by atoms with Crippen LogP contribution in [0.15, 0.2) is 23.1 Å². The highest BCUT2D eigenvalue weighted by Gasteiger charge is 2.30. The van der Waals surface area contributed by atoms with Crippen molar-refractivity contribution in [1.82, 2.24) is 4.90 Å². The molecule has 0 saturated carbocycles. The van der Waals surface area contributed by atoms with Crippen molar-refractivity contribution in [2.24, 2.45) is 11.8 Å². The van der Waals surface area contributed by atoms with Gasteiger partial charge in [-0.05, 0) is 36.5 Å². The second kappa shape index (κ2) is 4.73. The third kappa shape index (κ3) is 2.49. The van der Waals surface area contributed by atoms with E-state index in [4.69, 9.17) is 0 Å². The third-order valence-electron chi connectivity index (χ3n) is 3.73. The molecule has 2 atom stereocenters. The molecule has 0 N–H and O–H groups in total. The summed E-state index contributed by atoms with van der Waals surface area (Å²) in [4.78, 5) is 15.2. The van der Waals surface area contributed by atoms with Crippen LogP contribution >= 0.6 is 12.6 Å². The number of aryl methyl sites for hydroxylation is 1. The molecule has 92 valence electrons. The lowest BCUT2D eigenvalue weighted by Gasteiger charge is -2.17. The number of carbonyl (C=O) groups is 1. The molecule has 3 heteroatoms. The first kappa shape index (κ1) is 12.5. The molecular formula is C14H19NOS. The lowest BCUT2D eigenvalue weighted by molar-refractivity contribution is 0.0784. The molecule has 0 bridgehead atoms.